The van der Waals surface area contributed by atoms with Crippen molar-refractivity contribution in [2.24, 2.45) is 0 Å². The van der Waals surface area contributed by atoms with Gasteiger partial charge in [0, 0.05) is 19.5 Å². The minimum absolute atomic E-state index is 0.698. The summed E-state index contributed by atoms with van der Waals surface area (Å²) in [4.78, 5) is 2.14. The van der Waals surface area contributed by atoms with Crippen molar-refractivity contribution < 1.29 is 4.42 Å². The highest BCUT2D eigenvalue weighted by Gasteiger charge is 2.17. The lowest BCUT2D eigenvalue weighted by Crippen LogP contribution is -2.17. The number of aryl methyl sites for hydroxylation is 1. The molecule has 0 N–H and O–H groups in total. The fourth-order valence-corrected chi connectivity index (χ4v) is 1.42. The predicted octanol–water partition coefficient (Wildman–Crippen LogP) is 1.23. The van der Waals surface area contributed by atoms with Gasteiger partial charge in [-0.05, 0) is 12.8 Å². The molecule has 0 saturated carbocycles. The maximum absolute atomic E-state index is 5.42. The third-order valence-electron chi connectivity index (χ3n) is 2.14. The molecule has 0 spiro atoms. The molecule has 0 amide bonds. The van der Waals surface area contributed by atoms with Gasteiger partial charge in [0.1, 0.15) is 0 Å². The van der Waals surface area contributed by atoms with Crippen LogP contribution in [0.3, 0.4) is 0 Å². The van der Waals surface area contributed by atoms with Gasteiger partial charge in [-0.3, -0.25) is 0 Å². The minimum Gasteiger partial charge on any atom is -0.408 e. The number of aromatic nitrogens is 2. The fourth-order valence-electron chi connectivity index (χ4n) is 1.42. The van der Waals surface area contributed by atoms with E-state index in [0.29, 0.717) is 6.01 Å². The molecule has 0 bridgehead atoms. The monoisotopic (exact) mass is 167 g/mol. The predicted molar refractivity (Wildman–Crippen MR) is 45.1 cm³/mol. The molecule has 1 fully saturated rings. The Kier molecular flexibility index (Phi) is 1.98. The summed E-state index contributed by atoms with van der Waals surface area (Å²) in [5.41, 5.74) is 0. The molecule has 2 heterocycles. The first-order valence-electron chi connectivity index (χ1n) is 4.47. The van der Waals surface area contributed by atoms with Gasteiger partial charge in [0.2, 0.25) is 5.89 Å². The summed E-state index contributed by atoms with van der Waals surface area (Å²) in [6, 6.07) is 0.698. The van der Waals surface area contributed by atoms with Crippen LogP contribution in [0.25, 0.3) is 0 Å². The molecule has 0 aliphatic carbocycles. The third kappa shape index (κ3) is 1.29. The van der Waals surface area contributed by atoms with E-state index in [1.165, 1.54) is 12.8 Å². The highest BCUT2D eigenvalue weighted by atomic mass is 16.4. The van der Waals surface area contributed by atoms with Crippen LogP contribution in [0, 0.1) is 0 Å². The number of anilines is 1. The minimum atomic E-state index is 0.698. The van der Waals surface area contributed by atoms with Crippen molar-refractivity contribution in [1.29, 1.82) is 0 Å². The number of hydrogen-bond acceptors (Lipinski definition) is 4. The van der Waals surface area contributed by atoms with Gasteiger partial charge in [0.15, 0.2) is 0 Å². The third-order valence-corrected chi connectivity index (χ3v) is 2.14. The summed E-state index contributed by atoms with van der Waals surface area (Å²) in [5.74, 6) is 0.733. The first kappa shape index (κ1) is 7.58. The van der Waals surface area contributed by atoms with Crippen LogP contribution in [-0.4, -0.2) is 23.3 Å². The molecule has 1 aromatic rings. The number of nitrogens with zero attached hydrogens (tertiary/aromatic N) is 3. The van der Waals surface area contributed by atoms with Gasteiger partial charge in [-0.2, -0.15) is 0 Å². The maximum atomic E-state index is 5.42. The molecule has 1 aliphatic heterocycles. The van der Waals surface area contributed by atoms with E-state index in [1.807, 2.05) is 6.92 Å². The van der Waals surface area contributed by atoms with Crippen LogP contribution >= 0.6 is 0 Å². The van der Waals surface area contributed by atoms with Crippen molar-refractivity contribution in [3.8, 4) is 0 Å². The molecule has 12 heavy (non-hydrogen) atoms. The first-order chi connectivity index (χ1) is 5.90. The summed E-state index contributed by atoms with van der Waals surface area (Å²) in [7, 11) is 0. The van der Waals surface area contributed by atoms with E-state index in [0.717, 1.165) is 25.4 Å². The molecule has 0 radical (unpaired) electrons. The Hall–Kier alpha value is -1.06. The van der Waals surface area contributed by atoms with E-state index in [1.54, 1.807) is 0 Å². The van der Waals surface area contributed by atoms with Gasteiger partial charge in [0.05, 0.1) is 0 Å². The molecule has 0 atom stereocenters. The Morgan fingerprint density at radius 1 is 1.33 bits per heavy atom. The first-order valence-corrected chi connectivity index (χ1v) is 4.47. The smallest absolute Gasteiger partial charge is 0.318 e. The van der Waals surface area contributed by atoms with Crippen molar-refractivity contribution >= 4 is 6.01 Å². The van der Waals surface area contributed by atoms with Crippen LogP contribution in [0.1, 0.15) is 25.7 Å². The average molecular weight is 167 g/mol. The Morgan fingerprint density at radius 3 is 2.67 bits per heavy atom. The van der Waals surface area contributed by atoms with Crippen LogP contribution in [0.5, 0.6) is 0 Å². The molecular formula is C8H13N3O. The summed E-state index contributed by atoms with van der Waals surface area (Å²) in [5, 5.41) is 7.90. The van der Waals surface area contributed by atoms with Crippen LogP contribution < -0.4 is 4.90 Å². The standard InChI is InChI=1S/C8H13N3O/c1-2-7-9-10-8(12-7)11-5-3-4-6-11/h2-6H2,1H3. The topological polar surface area (TPSA) is 42.2 Å². The lowest BCUT2D eigenvalue weighted by molar-refractivity contribution is 0.496. The van der Waals surface area contributed by atoms with Crippen LogP contribution in [-0.2, 0) is 6.42 Å². The van der Waals surface area contributed by atoms with Crippen molar-refractivity contribution in [2.45, 2.75) is 26.2 Å². The lowest BCUT2D eigenvalue weighted by Gasteiger charge is -2.09. The Bertz CT molecular complexity index is 253. The molecule has 1 aliphatic rings. The van der Waals surface area contributed by atoms with Crippen LogP contribution in [0.4, 0.5) is 6.01 Å². The Balaban J connectivity index is 2.11. The van der Waals surface area contributed by atoms with Crippen molar-refractivity contribution in [3.05, 3.63) is 5.89 Å². The molecule has 66 valence electrons. The molecule has 2 rings (SSSR count). The zero-order chi connectivity index (χ0) is 8.39. The van der Waals surface area contributed by atoms with Gasteiger partial charge in [-0.25, -0.2) is 0 Å². The molecule has 0 aromatic carbocycles. The second kappa shape index (κ2) is 3.13. The lowest BCUT2D eigenvalue weighted by atomic mass is 10.4. The largest absolute Gasteiger partial charge is 0.408 e. The quantitative estimate of drug-likeness (QED) is 0.664. The van der Waals surface area contributed by atoms with E-state index in [2.05, 4.69) is 15.1 Å². The van der Waals surface area contributed by atoms with Gasteiger partial charge in [-0.1, -0.05) is 12.0 Å². The van der Waals surface area contributed by atoms with Gasteiger partial charge >= 0.3 is 6.01 Å². The number of hydrogen-bond donors (Lipinski definition) is 0. The fraction of sp³-hybridized carbons (Fsp3) is 0.750. The summed E-state index contributed by atoms with van der Waals surface area (Å²) >= 11 is 0. The molecular weight excluding hydrogens is 154 g/mol. The molecule has 4 heteroatoms. The zero-order valence-electron chi connectivity index (χ0n) is 7.29. The zero-order valence-corrected chi connectivity index (χ0v) is 7.29. The van der Waals surface area contributed by atoms with Gasteiger partial charge < -0.3 is 9.32 Å². The SMILES string of the molecule is CCc1nnc(N2CCCC2)o1. The maximum Gasteiger partial charge on any atom is 0.318 e. The highest BCUT2D eigenvalue weighted by Crippen LogP contribution is 2.17. The highest BCUT2D eigenvalue weighted by molar-refractivity contribution is 5.25. The molecule has 1 saturated heterocycles. The second-order valence-electron chi connectivity index (χ2n) is 3.03. The Labute approximate surface area is 71.6 Å². The van der Waals surface area contributed by atoms with Gasteiger partial charge in [0.25, 0.3) is 0 Å². The van der Waals surface area contributed by atoms with E-state index in [-0.39, 0.29) is 0 Å². The van der Waals surface area contributed by atoms with E-state index in [9.17, 15) is 0 Å². The Morgan fingerprint density at radius 2 is 2.08 bits per heavy atom. The van der Waals surface area contributed by atoms with Crippen LogP contribution in [0.15, 0.2) is 4.42 Å². The van der Waals surface area contributed by atoms with Crippen molar-refractivity contribution in [1.82, 2.24) is 10.2 Å². The normalized spacial score (nSPS) is 17.2. The van der Waals surface area contributed by atoms with E-state index in [4.69, 9.17) is 4.42 Å². The van der Waals surface area contributed by atoms with Gasteiger partial charge in [-0.15, -0.1) is 5.10 Å². The summed E-state index contributed by atoms with van der Waals surface area (Å²) in [6.07, 6.45) is 3.30. The molecule has 1 aromatic heterocycles. The van der Waals surface area contributed by atoms with Crippen molar-refractivity contribution in [3.63, 3.8) is 0 Å². The average Bonchev–Trinajstić information content (AvgIpc) is 2.75. The molecule has 0 unspecified atom stereocenters. The molecule has 4 nitrogen and oxygen atoms in total. The summed E-state index contributed by atoms with van der Waals surface area (Å²) < 4.78 is 5.42. The number of rotatable bonds is 2. The van der Waals surface area contributed by atoms with Crippen LogP contribution in [0.2, 0.25) is 0 Å². The van der Waals surface area contributed by atoms with E-state index >= 15 is 0 Å². The summed E-state index contributed by atoms with van der Waals surface area (Å²) in [6.45, 7) is 4.14. The second-order valence-corrected chi connectivity index (χ2v) is 3.03. The van der Waals surface area contributed by atoms with Crippen molar-refractivity contribution in [2.75, 3.05) is 18.0 Å². The van der Waals surface area contributed by atoms with E-state index < -0.39 is 0 Å².